The Labute approximate surface area is 169 Å². The summed E-state index contributed by atoms with van der Waals surface area (Å²) in [5, 5.41) is 4.16. The summed E-state index contributed by atoms with van der Waals surface area (Å²) in [6, 6.07) is 6.91. The van der Waals surface area contributed by atoms with Crippen LogP contribution in [0, 0.1) is 0 Å². The maximum Gasteiger partial charge on any atom is 0.437 e. The third-order valence-electron chi connectivity index (χ3n) is 4.49. The topological polar surface area (TPSA) is 110 Å². The lowest BCUT2D eigenvalue weighted by Crippen LogP contribution is -2.22. The zero-order valence-electron chi connectivity index (χ0n) is 16.4. The molecule has 0 radical (unpaired) electrons. The Morgan fingerprint density at radius 2 is 1.90 bits per heavy atom. The number of hydrogen-bond donors (Lipinski definition) is 0. The van der Waals surface area contributed by atoms with E-state index in [9.17, 15) is 14.0 Å². The van der Waals surface area contributed by atoms with Gasteiger partial charge in [-0.25, -0.2) is 19.2 Å². The Morgan fingerprint density at radius 3 is 2.63 bits per heavy atom. The molecule has 30 heavy (non-hydrogen) atoms. The Kier molecular flexibility index (Phi) is 5.17. The average molecular weight is 414 g/mol. The highest BCUT2D eigenvalue weighted by Crippen LogP contribution is 2.15. The van der Waals surface area contributed by atoms with Gasteiger partial charge < -0.3 is 13.7 Å². The number of hydrogen-bond acceptors (Lipinski definition) is 7. The molecule has 0 aliphatic carbocycles. The molecule has 10 nitrogen and oxygen atoms in total. The molecule has 1 atom stereocenters. The highest BCUT2D eigenvalue weighted by atomic mass is 19.1. The number of nitrogens with zero attached hydrogens (tertiary/aromatic N) is 6. The fourth-order valence-electron chi connectivity index (χ4n) is 3.04. The first-order valence-corrected chi connectivity index (χ1v) is 9.23. The molecule has 3 heterocycles. The fraction of sp³-hybridized carbons (Fsp3) is 0.316. The van der Waals surface area contributed by atoms with Gasteiger partial charge >= 0.3 is 5.76 Å². The number of halogens is 1. The second-order valence-corrected chi connectivity index (χ2v) is 6.74. The van der Waals surface area contributed by atoms with Gasteiger partial charge in [-0.2, -0.15) is 4.68 Å². The molecule has 4 aromatic rings. The molecule has 11 heteroatoms. The molecule has 1 unspecified atom stereocenters. The van der Waals surface area contributed by atoms with Gasteiger partial charge in [-0.3, -0.25) is 9.36 Å². The molecule has 0 amide bonds. The predicted molar refractivity (Wildman–Crippen MR) is 104 cm³/mol. The molecular weight excluding hydrogens is 395 g/mol. The molecule has 4 rings (SSSR count). The van der Waals surface area contributed by atoms with Crippen LogP contribution >= 0.6 is 0 Å². The van der Waals surface area contributed by atoms with E-state index in [-0.39, 0.29) is 24.5 Å². The molecule has 156 valence electrons. The van der Waals surface area contributed by atoms with Crippen LogP contribution in [0.3, 0.4) is 0 Å². The minimum absolute atomic E-state index is 0.0252. The first kappa shape index (κ1) is 19.6. The van der Waals surface area contributed by atoms with E-state index in [2.05, 4.69) is 15.1 Å². The van der Waals surface area contributed by atoms with Crippen molar-refractivity contribution in [3.63, 3.8) is 0 Å². The van der Waals surface area contributed by atoms with Crippen LogP contribution in [0.2, 0.25) is 0 Å². The first-order valence-electron chi connectivity index (χ1n) is 9.23. The molecule has 0 spiro atoms. The van der Waals surface area contributed by atoms with Crippen LogP contribution in [0.5, 0.6) is 5.75 Å². The maximum absolute atomic E-state index is 12.9. The Morgan fingerprint density at radius 1 is 1.17 bits per heavy atom. The van der Waals surface area contributed by atoms with Crippen molar-refractivity contribution in [2.75, 3.05) is 0 Å². The third kappa shape index (κ3) is 4.00. The van der Waals surface area contributed by atoms with Crippen molar-refractivity contribution in [1.29, 1.82) is 0 Å². The number of alkyl halides is 1. The second-order valence-electron chi connectivity index (χ2n) is 6.74. The summed E-state index contributed by atoms with van der Waals surface area (Å²) in [6.45, 7) is 1.57. The normalized spacial score (nSPS) is 12.4. The van der Waals surface area contributed by atoms with E-state index in [4.69, 9.17) is 9.15 Å². The van der Waals surface area contributed by atoms with E-state index in [0.717, 1.165) is 5.56 Å². The van der Waals surface area contributed by atoms with Crippen LogP contribution in [0.1, 0.15) is 18.4 Å². The van der Waals surface area contributed by atoms with Gasteiger partial charge in [-0.15, -0.1) is 5.10 Å². The zero-order valence-corrected chi connectivity index (χ0v) is 16.4. The number of benzene rings is 1. The molecule has 0 aliphatic heterocycles. The number of imidazole rings is 1. The van der Waals surface area contributed by atoms with Crippen molar-refractivity contribution >= 4 is 11.2 Å². The highest BCUT2D eigenvalue weighted by Gasteiger charge is 2.13. The minimum atomic E-state index is -1.38. The summed E-state index contributed by atoms with van der Waals surface area (Å²) in [6.07, 6.45) is 1.98. The predicted octanol–water partition coefficient (Wildman–Crippen LogP) is 1.26. The molecule has 0 saturated heterocycles. The second kappa shape index (κ2) is 7.93. The van der Waals surface area contributed by atoms with Gasteiger partial charge in [0.2, 0.25) is 12.2 Å². The van der Waals surface area contributed by atoms with E-state index in [1.807, 2.05) is 0 Å². The lowest BCUT2D eigenvalue weighted by molar-refractivity contribution is 0.0860. The van der Waals surface area contributed by atoms with Crippen molar-refractivity contribution in [2.24, 2.45) is 7.05 Å². The fourth-order valence-corrected chi connectivity index (χ4v) is 3.04. The van der Waals surface area contributed by atoms with Crippen LogP contribution in [0.15, 0.2) is 50.9 Å². The van der Waals surface area contributed by atoms with Crippen LogP contribution in [0.4, 0.5) is 4.39 Å². The maximum atomic E-state index is 12.9. The molecule has 1 aromatic carbocycles. The summed E-state index contributed by atoms with van der Waals surface area (Å²) < 4.78 is 27.1. The average Bonchev–Trinajstić information content (AvgIpc) is 3.25. The van der Waals surface area contributed by atoms with Crippen molar-refractivity contribution < 1.29 is 13.5 Å². The van der Waals surface area contributed by atoms with Gasteiger partial charge in [-0.05, 0) is 24.1 Å². The van der Waals surface area contributed by atoms with E-state index >= 15 is 0 Å². The number of rotatable bonds is 7. The van der Waals surface area contributed by atoms with Gasteiger partial charge in [-0.1, -0.05) is 12.1 Å². The Balaban J connectivity index is 1.46. The summed E-state index contributed by atoms with van der Waals surface area (Å²) >= 11 is 0. The number of aromatic nitrogens is 6. The van der Waals surface area contributed by atoms with Crippen LogP contribution in [0.25, 0.3) is 11.2 Å². The van der Waals surface area contributed by atoms with E-state index < -0.39 is 12.1 Å². The SMILES string of the molecule is CC(F)Oc1ccc(CCn2nc(Cn3cnc4ncn(C)c4c3=O)oc2=O)cc1. The summed E-state index contributed by atoms with van der Waals surface area (Å²) in [7, 11) is 1.70. The number of ether oxygens (including phenoxy) is 1. The van der Waals surface area contributed by atoms with Crippen LogP contribution < -0.4 is 16.1 Å². The van der Waals surface area contributed by atoms with E-state index in [1.54, 1.807) is 35.9 Å². The van der Waals surface area contributed by atoms with E-state index in [0.29, 0.717) is 23.3 Å². The minimum Gasteiger partial charge on any atom is -0.461 e. The van der Waals surface area contributed by atoms with Crippen molar-refractivity contribution in [3.05, 3.63) is 69.3 Å². The van der Waals surface area contributed by atoms with Gasteiger partial charge in [0.05, 0.1) is 12.9 Å². The van der Waals surface area contributed by atoms with Gasteiger partial charge in [0.15, 0.2) is 11.2 Å². The monoisotopic (exact) mass is 414 g/mol. The molecule has 0 aliphatic rings. The van der Waals surface area contributed by atoms with Crippen LogP contribution in [-0.4, -0.2) is 35.2 Å². The summed E-state index contributed by atoms with van der Waals surface area (Å²) in [5.41, 5.74) is 1.33. The molecule has 0 bridgehead atoms. The Bertz CT molecular complexity index is 1290. The lowest BCUT2D eigenvalue weighted by atomic mass is 10.1. The van der Waals surface area contributed by atoms with Crippen molar-refractivity contribution in [2.45, 2.75) is 32.8 Å². The number of aryl methyl sites for hydroxylation is 3. The smallest absolute Gasteiger partial charge is 0.437 e. The summed E-state index contributed by atoms with van der Waals surface area (Å²) in [4.78, 5) is 32.8. The van der Waals surface area contributed by atoms with Crippen molar-refractivity contribution in [1.82, 2.24) is 28.9 Å². The van der Waals surface area contributed by atoms with Crippen molar-refractivity contribution in [3.8, 4) is 5.75 Å². The molecule has 0 N–H and O–H groups in total. The standard InChI is InChI=1S/C19H19FN6O4/c1-12(20)29-14-5-3-13(4-6-14)7-8-26-19(28)30-15(23-26)9-25-11-22-17-16(18(25)27)24(2)10-21-17/h3-6,10-12H,7-9H2,1-2H3. The van der Waals surface area contributed by atoms with Gasteiger partial charge in [0.25, 0.3) is 5.56 Å². The largest absolute Gasteiger partial charge is 0.461 e. The van der Waals surface area contributed by atoms with Gasteiger partial charge in [0, 0.05) is 14.0 Å². The van der Waals surface area contributed by atoms with Crippen LogP contribution in [-0.2, 0) is 26.6 Å². The third-order valence-corrected chi connectivity index (χ3v) is 4.49. The number of fused-ring (bicyclic) bond motifs is 1. The lowest BCUT2D eigenvalue weighted by Gasteiger charge is -2.07. The van der Waals surface area contributed by atoms with Gasteiger partial charge in [0.1, 0.15) is 18.6 Å². The molecule has 0 saturated carbocycles. The van der Waals surface area contributed by atoms with E-state index in [1.165, 1.54) is 28.8 Å². The molecular formula is C19H19FN6O4. The Hall–Kier alpha value is -3.76. The summed E-state index contributed by atoms with van der Waals surface area (Å²) in [5.74, 6) is -0.0796. The molecule has 0 fully saturated rings. The first-order chi connectivity index (χ1) is 14.4. The zero-order chi connectivity index (χ0) is 21.3. The molecule has 3 aromatic heterocycles. The quantitative estimate of drug-likeness (QED) is 0.448. The highest BCUT2D eigenvalue weighted by molar-refractivity contribution is 5.68.